The Hall–Kier alpha value is -2.52. The first kappa shape index (κ1) is 22.7. The Morgan fingerprint density at radius 1 is 1.09 bits per heavy atom. The molecule has 1 N–H and O–H groups in total. The third-order valence-electron chi connectivity index (χ3n) is 5.59. The molecular weight excluding hydrogens is 457 g/mol. The molecule has 0 aliphatic carbocycles. The number of piperazine rings is 1. The first-order valence-electron chi connectivity index (χ1n) is 10.4. The van der Waals surface area contributed by atoms with Crippen LogP contribution in [0.4, 0.5) is 4.79 Å². The summed E-state index contributed by atoms with van der Waals surface area (Å²) in [5.74, 6) is 0.554. The molecule has 2 aliphatic rings. The van der Waals surface area contributed by atoms with Gasteiger partial charge in [0.05, 0.1) is 10.0 Å². The van der Waals surface area contributed by atoms with Gasteiger partial charge in [-0.1, -0.05) is 23.2 Å². The fourth-order valence-electron chi connectivity index (χ4n) is 4.04. The van der Waals surface area contributed by atoms with Crippen LogP contribution < -0.4 is 0 Å². The molecule has 0 spiro atoms. The summed E-state index contributed by atoms with van der Waals surface area (Å²) < 4.78 is 7.17. The lowest BCUT2D eigenvalue weighted by atomic mass is 9.96. The van der Waals surface area contributed by atoms with E-state index in [2.05, 4.69) is 10.2 Å². The normalized spacial score (nSPS) is 18.6. The van der Waals surface area contributed by atoms with Crippen LogP contribution in [-0.4, -0.2) is 73.5 Å². The predicted molar refractivity (Wildman–Crippen MR) is 118 cm³/mol. The highest BCUT2D eigenvalue weighted by molar-refractivity contribution is 6.42. The summed E-state index contributed by atoms with van der Waals surface area (Å²) in [6.45, 7) is 7.40. The van der Waals surface area contributed by atoms with Crippen molar-refractivity contribution in [3.05, 3.63) is 39.4 Å². The lowest BCUT2D eigenvalue weighted by Gasteiger charge is -2.35. The molecule has 4 rings (SSSR count). The monoisotopic (exact) mass is 481 g/mol. The molecule has 2 aromatic rings. The van der Waals surface area contributed by atoms with Gasteiger partial charge in [0.25, 0.3) is 5.91 Å². The molecule has 1 fully saturated rings. The van der Waals surface area contributed by atoms with Crippen LogP contribution in [0.15, 0.2) is 12.1 Å². The van der Waals surface area contributed by atoms with E-state index in [1.54, 1.807) is 20.4 Å². The van der Waals surface area contributed by atoms with Crippen LogP contribution in [-0.2, 0) is 17.7 Å². The average molecular weight is 482 g/mol. The van der Waals surface area contributed by atoms with Crippen molar-refractivity contribution in [2.45, 2.75) is 45.3 Å². The maximum atomic E-state index is 13.1. The van der Waals surface area contributed by atoms with Crippen LogP contribution in [0.3, 0.4) is 0 Å². The summed E-state index contributed by atoms with van der Waals surface area (Å²) in [6.07, 6.45) is 0.106. The molecule has 3 heterocycles. The maximum Gasteiger partial charge on any atom is 0.410 e. The molecule has 1 aromatic carbocycles. The molecule has 32 heavy (non-hydrogen) atoms. The number of aromatic nitrogens is 3. The fourth-order valence-corrected chi connectivity index (χ4v) is 4.52. The lowest BCUT2D eigenvalue weighted by Crippen LogP contribution is -2.52. The summed E-state index contributed by atoms with van der Waals surface area (Å²) in [5.41, 5.74) is -0.0165. The Bertz CT molecular complexity index is 1060. The number of hydrogen-bond acceptors (Lipinski definition) is 6. The van der Waals surface area contributed by atoms with Crippen LogP contribution in [0.1, 0.15) is 48.7 Å². The average Bonchev–Trinajstić information content (AvgIpc) is 3.30. The van der Waals surface area contributed by atoms with E-state index in [1.165, 1.54) is 6.07 Å². The highest BCUT2D eigenvalue weighted by Crippen LogP contribution is 2.41. The molecular formula is C21H25Cl2N5O4. The predicted octanol–water partition coefficient (Wildman–Crippen LogP) is 3.32. The summed E-state index contributed by atoms with van der Waals surface area (Å²) >= 11 is 12.5. The molecule has 1 saturated heterocycles. The van der Waals surface area contributed by atoms with Crippen LogP contribution in [0.2, 0.25) is 10.0 Å². The minimum absolute atomic E-state index is 0.0641. The van der Waals surface area contributed by atoms with Crippen molar-refractivity contribution in [2.75, 3.05) is 26.2 Å². The van der Waals surface area contributed by atoms with Crippen molar-refractivity contribution in [3.63, 3.8) is 0 Å². The zero-order chi connectivity index (χ0) is 23.2. The van der Waals surface area contributed by atoms with E-state index >= 15 is 0 Å². The van der Waals surface area contributed by atoms with Crippen LogP contribution in [0.25, 0.3) is 0 Å². The highest BCUT2D eigenvalue weighted by atomic mass is 35.5. The topological polar surface area (TPSA) is 101 Å². The molecule has 172 valence electrons. The molecule has 0 bridgehead atoms. The SMILES string of the molecule is CC(C)(C)OC(=O)N1CCN(C(=O)c2nnc3n2CC(c2c(O)ccc(Cl)c2Cl)C3)CC1. The van der Waals surface area contributed by atoms with Crippen molar-refractivity contribution in [2.24, 2.45) is 0 Å². The number of ether oxygens (including phenoxy) is 1. The number of hydrogen-bond donors (Lipinski definition) is 1. The number of fused-ring (bicyclic) bond motifs is 1. The van der Waals surface area contributed by atoms with Crippen LogP contribution >= 0.6 is 23.2 Å². The number of benzene rings is 1. The molecule has 2 aliphatic heterocycles. The Morgan fingerprint density at radius 2 is 1.75 bits per heavy atom. The van der Waals surface area contributed by atoms with E-state index < -0.39 is 5.60 Å². The van der Waals surface area contributed by atoms with Crippen LogP contribution in [0, 0.1) is 0 Å². The zero-order valence-electron chi connectivity index (χ0n) is 18.1. The number of phenols is 1. The van der Waals surface area contributed by atoms with Gasteiger partial charge in [0, 0.05) is 50.6 Å². The number of halogens is 2. The molecule has 9 nitrogen and oxygen atoms in total. The number of nitrogens with zero attached hydrogens (tertiary/aromatic N) is 5. The molecule has 1 aromatic heterocycles. The fraction of sp³-hybridized carbons (Fsp3) is 0.524. The summed E-state index contributed by atoms with van der Waals surface area (Å²) in [7, 11) is 0. The van der Waals surface area contributed by atoms with E-state index in [0.29, 0.717) is 60.6 Å². The van der Waals surface area contributed by atoms with Gasteiger partial charge in [-0.15, -0.1) is 10.2 Å². The van der Waals surface area contributed by atoms with Gasteiger partial charge in [0.1, 0.15) is 17.2 Å². The minimum Gasteiger partial charge on any atom is -0.508 e. The van der Waals surface area contributed by atoms with E-state index in [-0.39, 0.29) is 29.5 Å². The van der Waals surface area contributed by atoms with E-state index in [9.17, 15) is 14.7 Å². The van der Waals surface area contributed by atoms with Crippen molar-refractivity contribution in [1.82, 2.24) is 24.6 Å². The minimum atomic E-state index is -0.567. The van der Waals surface area contributed by atoms with Crippen molar-refractivity contribution < 1.29 is 19.4 Å². The van der Waals surface area contributed by atoms with Gasteiger partial charge in [-0.2, -0.15) is 0 Å². The highest BCUT2D eigenvalue weighted by Gasteiger charge is 2.35. The van der Waals surface area contributed by atoms with E-state index in [0.717, 1.165) is 0 Å². The summed E-state index contributed by atoms with van der Waals surface area (Å²) in [6, 6.07) is 3.06. The number of aromatic hydroxyl groups is 1. The molecule has 2 amide bonds. The first-order chi connectivity index (χ1) is 15.0. The van der Waals surface area contributed by atoms with Gasteiger partial charge >= 0.3 is 6.09 Å². The van der Waals surface area contributed by atoms with Gasteiger partial charge in [-0.25, -0.2) is 4.79 Å². The second-order valence-corrected chi connectivity index (χ2v) is 9.79. The maximum absolute atomic E-state index is 13.1. The molecule has 1 atom stereocenters. The number of carbonyl (C=O) groups excluding carboxylic acids is 2. The second-order valence-electron chi connectivity index (χ2n) is 9.01. The quantitative estimate of drug-likeness (QED) is 0.705. The number of phenolic OH excluding ortho intramolecular Hbond substituents is 1. The van der Waals surface area contributed by atoms with Gasteiger partial charge < -0.3 is 24.2 Å². The largest absolute Gasteiger partial charge is 0.508 e. The standard InChI is InChI=1S/C21H25Cl2N5O4/c1-21(2,3)32-20(31)27-8-6-26(7-9-27)19(30)18-25-24-15-10-12(11-28(15)18)16-14(29)5-4-13(22)17(16)23/h4-5,12,29H,6-11H2,1-3H3. The molecule has 0 radical (unpaired) electrons. The number of carbonyl (C=O) groups is 2. The molecule has 11 heteroatoms. The van der Waals surface area contributed by atoms with E-state index in [1.807, 2.05) is 20.8 Å². The zero-order valence-corrected chi connectivity index (χ0v) is 19.7. The Kier molecular flexibility index (Phi) is 5.98. The van der Waals surface area contributed by atoms with Crippen molar-refractivity contribution in [1.29, 1.82) is 0 Å². The second kappa shape index (κ2) is 8.44. The van der Waals surface area contributed by atoms with Gasteiger partial charge in [-0.3, -0.25) is 4.79 Å². The van der Waals surface area contributed by atoms with Crippen LogP contribution in [0.5, 0.6) is 5.75 Å². The lowest BCUT2D eigenvalue weighted by molar-refractivity contribution is 0.0138. The number of amides is 2. The summed E-state index contributed by atoms with van der Waals surface area (Å²) in [5, 5.41) is 19.3. The smallest absolute Gasteiger partial charge is 0.410 e. The third kappa shape index (κ3) is 4.36. The Morgan fingerprint density at radius 3 is 2.41 bits per heavy atom. The van der Waals surface area contributed by atoms with Crippen molar-refractivity contribution in [3.8, 4) is 5.75 Å². The third-order valence-corrected chi connectivity index (χ3v) is 6.41. The van der Waals surface area contributed by atoms with Gasteiger partial charge in [0.2, 0.25) is 5.82 Å². The number of rotatable bonds is 2. The van der Waals surface area contributed by atoms with Gasteiger partial charge in [-0.05, 0) is 32.9 Å². The summed E-state index contributed by atoms with van der Waals surface area (Å²) in [4.78, 5) is 28.6. The first-order valence-corrected chi connectivity index (χ1v) is 11.2. The molecule has 1 unspecified atom stereocenters. The molecule has 0 saturated carbocycles. The van der Waals surface area contributed by atoms with E-state index in [4.69, 9.17) is 27.9 Å². The van der Waals surface area contributed by atoms with Gasteiger partial charge in [0.15, 0.2) is 0 Å². The van der Waals surface area contributed by atoms with Crippen molar-refractivity contribution >= 4 is 35.2 Å². The Balaban J connectivity index is 1.44. The Labute approximate surface area is 195 Å².